The fourth-order valence-electron chi connectivity index (χ4n) is 4.05. The number of rotatable bonds is 2. The molecule has 0 aromatic carbocycles. The van der Waals surface area contributed by atoms with Crippen LogP contribution in [0.25, 0.3) is 0 Å². The Hall–Kier alpha value is -1.79. The van der Waals surface area contributed by atoms with Gasteiger partial charge in [0, 0.05) is 24.7 Å². The van der Waals surface area contributed by atoms with Crippen LogP contribution < -0.4 is 0 Å². The average molecular weight is 370 g/mol. The third-order valence-electron chi connectivity index (χ3n) is 5.15. The molecular weight excluding hydrogens is 345 g/mol. The van der Waals surface area contributed by atoms with Crippen molar-refractivity contribution in [1.29, 1.82) is 0 Å². The topological polar surface area (TPSA) is 42.4 Å². The molecule has 0 bridgehead atoms. The molecule has 1 amide bonds. The molecule has 0 radical (unpaired) electrons. The summed E-state index contributed by atoms with van der Waals surface area (Å²) in [5, 5.41) is 0. The highest BCUT2D eigenvalue weighted by molar-refractivity contribution is 5.69. The van der Waals surface area contributed by atoms with E-state index in [1.807, 2.05) is 20.8 Å². The maximum Gasteiger partial charge on any atom is 0.433 e. The van der Waals surface area contributed by atoms with E-state index < -0.39 is 17.5 Å². The minimum atomic E-state index is -4.40. The molecule has 1 saturated carbocycles. The van der Waals surface area contributed by atoms with E-state index in [4.69, 9.17) is 4.74 Å². The van der Waals surface area contributed by atoms with Gasteiger partial charge < -0.3 is 9.64 Å². The van der Waals surface area contributed by atoms with Gasteiger partial charge in [0.1, 0.15) is 11.3 Å². The van der Waals surface area contributed by atoms with Crippen molar-refractivity contribution in [3.63, 3.8) is 0 Å². The maximum atomic E-state index is 12.6. The van der Waals surface area contributed by atoms with Gasteiger partial charge in [0.25, 0.3) is 0 Å². The Bertz CT molecular complexity index is 659. The standard InChI is InChI=1S/C19H25F3N2O2/c1-17(2,3)26-16(25)24-11-18(12-24)7-6-13(9-18)8-14-4-5-15(23-10-14)19(20,21)22/h4-5,10,13H,6-9,11-12H2,1-3H3. The quantitative estimate of drug-likeness (QED) is 0.759. The number of halogens is 3. The van der Waals surface area contributed by atoms with Crippen LogP contribution in [0, 0.1) is 11.3 Å². The summed E-state index contributed by atoms with van der Waals surface area (Å²) < 4.78 is 43.1. The van der Waals surface area contributed by atoms with E-state index in [1.165, 1.54) is 12.3 Å². The molecular formula is C19H25F3N2O2. The van der Waals surface area contributed by atoms with E-state index in [0.29, 0.717) is 19.0 Å². The van der Waals surface area contributed by atoms with Crippen LogP contribution >= 0.6 is 0 Å². The van der Waals surface area contributed by atoms with Crippen LogP contribution in [0.15, 0.2) is 18.3 Å². The number of alkyl halides is 3. The monoisotopic (exact) mass is 370 g/mol. The number of nitrogens with zero attached hydrogens (tertiary/aromatic N) is 2. The van der Waals surface area contributed by atoms with Crippen molar-refractivity contribution in [2.75, 3.05) is 13.1 Å². The van der Waals surface area contributed by atoms with Crippen molar-refractivity contribution in [1.82, 2.24) is 9.88 Å². The predicted octanol–water partition coefficient (Wildman–Crippen LogP) is 4.68. The molecule has 1 aromatic heterocycles. The van der Waals surface area contributed by atoms with Crippen molar-refractivity contribution < 1.29 is 22.7 Å². The van der Waals surface area contributed by atoms with Crippen molar-refractivity contribution in [3.8, 4) is 0 Å². The van der Waals surface area contributed by atoms with Gasteiger partial charge in [-0.05, 0) is 64.0 Å². The van der Waals surface area contributed by atoms with E-state index in [1.54, 1.807) is 4.90 Å². The minimum Gasteiger partial charge on any atom is -0.444 e. The Morgan fingerprint density at radius 3 is 2.54 bits per heavy atom. The van der Waals surface area contributed by atoms with Gasteiger partial charge in [-0.15, -0.1) is 0 Å². The lowest BCUT2D eigenvalue weighted by Gasteiger charge is -2.48. The molecule has 144 valence electrons. The van der Waals surface area contributed by atoms with Crippen LogP contribution in [0.1, 0.15) is 51.3 Å². The second-order valence-electron chi connectivity index (χ2n) is 8.70. The molecule has 3 rings (SSSR count). The van der Waals surface area contributed by atoms with Crippen molar-refractivity contribution in [2.24, 2.45) is 11.3 Å². The number of amides is 1. The largest absolute Gasteiger partial charge is 0.444 e. The number of carbonyl (C=O) groups excluding carboxylic acids is 1. The van der Waals surface area contributed by atoms with Gasteiger partial charge in [0.15, 0.2) is 0 Å². The number of hydrogen-bond donors (Lipinski definition) is 0. The van der Waals surface area contributed by atoms with Gasteiger partial charge in [0.2, 0.25) is 0 Å². The second-order valence-corrected chi connectivity index (χ2v) is 8.70. The van der Waals surface area contributed by atoms with E-state index in [9.17, 15) is 18.0 Å². The predicted molar refractivity (Wildman–Crippen MR) is 90.5 cm³/mol. The van der Waals surface area contributed by atoms with Crippen molar-refractivity contribution in [3.05, 3.63) is 29.6 Å². The summed E-state index contributed by atoms with van der Waals surface area (Å²) >= 11 is 0. The molecule has 1 aliphatic carbocycles. The third-order valence-corrected chi connectivity index (χ3v) is 5.15. The van der Waals surface area contributed by atoms with Crippen LogP contribution in [0.5, 0.6) is 0 Å². The molecule has 1 saturated heterocycles. The zero-order valence-corrected chi connectivity index (χ0v) is 15.4. The zero-order chi connectivity index (χ0) is 19.2. The normalized spacial score (nSPS) is 22.4. The molecule has 1 unspecified atom stereocenters. The Labute approximate surface area is 151 Å². The van der Waals surface area contributed by atoms with Gasteiger partial charge in [-0.1, -0.05) is 6.07 Å². The number of ether oxygens (including phenoxy) is 1. The number of hydrogen-bond acceptors (Lipinski definition) is 3. The molecule has 26 heavy (non-hydrogen) atoms. The van der Waals surface area contributed by atoms with Crippen LogP contribution in [0.2, 0.25) is 0 Å². The molecule has 1 atom stereocenters. The van der Waals surface area contributed by atoms with Crippen LogP contribution in [0.3, 0.4) is 0 Å². The molecule has 2 fully saturated rings. The smallest absolute Gasteiger partial charge is 0.433 e. The third kappa shape index (κ3) is 4.30. The summed E-state index contributed by atoms with van der Waals surface area (Å²) in [6.07, 6.45) is 0.480. The highest BCUT2D eigenvalue weighted by Crippen LogP contribution is 2.49. The molecule has 2 aliphatic rings. The van der Waals surface area contributed by atoms with Gasteiger partial charge in [-0.25, -0.2) is 4.79 Å². The SMILES string of the molecule is CC(C)(C)OC(=O)N1CC2(CCC(Cc3ccc(C(F)(F)F)nc3)C2)C1. The van der Waals surface area contributed by atoms with E-state index >= 15 is 0 Å². The lowest BCUT2D eigenvalue weighted by Crippen LogP contribution is -2.58. The Morgan fingerprint density at radius 2 is 2.00 bits per heavy atom. The molecule has 1 aliphatic heterocycles. The molecule has 7 heteroatoms. The van der Waals surface area contributed by atoms with E-state index in [2.05, 4.69) is 4.98 Å². The number of aromatic nitrogens is 1. The summed E-state index contributed by atoms with van der Waals surface area (Å²) in [4.78, 5) is 17.4. The Morgan fingerprint density at radius 1 is 1.31 bits per heavy atom. The highest BCUT2D eigenvalue weighted by Gasteiger charge is 2.50. The van der Waals surface area contributed by atoms with Gasteiger partial charge in [0.05, 0.1) is 0 Å². The fraction of sp³-hybridized carbons (Fsp3) is 0.684. The minimum absolute atomic E-state index is 0.154. The average Bonchev–Trinajstić information content (AvgIpc) is 2.87. The Balaban J connectivity index is 1.50. The number of pyridine rings is 1. The molecule has 1 aromatic rings. The van der Waals surface area contributed by atoms with Gasteiger partial charge >= 0.3 is 12.3 Å². The zero-order valence-electron chi connectivity index (χ0n) is 15.4. The van der Waals surface area contributed by atoms with Crippen molar-refractivity contribution >= 4 is 6.09 Å². The molecule has 2 heterocycles. The highest BCUT2D eigenvalue weighted by atomic mass is 19.4. The second kappa shape index (κ2) is 6.43. The van der Waals surface area contributed by atoms with Crippen LogP contribution in [0.4, 0.5) is 18.0 Å². The first-order valence-electron chi connectivity index (χ1n) is 8.96. The van der Waals surface area contributed by atoms with E-state index in [-0.39, 0.29) is 11.5 Å². The molecule has 4 nitrogen and oxygen atoms in total. The number of likely N-dealkylation sites (tertiary alicyclic amines) is 1. The van der Waals surface area contributed by atoms with Gasteiger partial charge in [-0.2, -0.15) is 13.2 Å². The van der Waals surface area contributed by atoms with Crippen molar-refractivity contribution in [2.45, 2.75) is 58.2 Å². The first-order valence-corrected chi connectivity index (χ1v) is 8.96. The molecule has 1 spiro atoms. The van der Waals surface area contributed by atoms with E-state index in [0.717, 1.165) is 37.3 Å². The summed E-state index contributed by atoms with van der Waals surface area (Å²) in [5.74, 6) is 0.425. The lowest BCUT2D eigenvalue weighted by molar-refractivity contribution is -0.141. The number of carbonyl (C=O) groups is 1. The van der Waals surface area contributed by atoms with Crippen LogP contribution in [-0.4, -0.2) is 34.7 Å². The first kappa shape index (κ1) is 19.0. The lowest BCUT2D eigenvalue weighted by atomic mass is 9.77. The maximum absolute atomic E-state index is 12.6. The van der Waals surface area contributed by atoms with Crippen LogP contribution in [-0.2, 0) is 17.3 Å². The first-order chi connectivity index (χ1) is 12.0. The Kier molecular flexibility index (Phi) is 4.69. The van der Waals surface area contributed by atoms with Gasteiger partial charge in [-0.3, -0.25) is 4.98 Å². The summed E-state index contributed by atoms with van der Waals surface area (Å²) in [5.41, 5.74) is -0.353. The summed E-state index contributed by atoms with van der Waals surface area (Å²) in [7, 11) is 0. The summed E-state index contributed by atoms with van der Waals surface area (Å²) in [6, 6.07) is 2.57. The summed E-state index contributed by atoms with van der Waals surface area (Å²) in [6.45, 7) is 6.98. The fourth-order valence-corrected chi connectivity index (χ4v) is 4.05. The molecule has 0 N–H and O–H groups in total.